The van der Waals surface area contributed by atoms with Crippen LogP contribution in [0.15, 0.2) is 29.1 Å². The van der Waals surface area contributed by atoms with Crippen molar-refractivity contribution in [1.82, 2.24) is 15.6 Å². The Labute approximate surface area is 181 Å². The number of aromatic hydroxyl groups is 1. The van der Waals surface area contributed by atoms with Gasteiger partial charge < -0.3 is 30.7 Å². The van der Waals surface area contributed by atoms with Gasteiger partial charge in [0.15, 0.2) is 5.56 Å². The topological polar surface area (TPSA) is 118 Å². The molecule has 0 spiro atoms. The van der Waals surface area contributed by atoms with E-state index in [9.17, 15) is 19.8 Å². The minimum Gasteiger partial charge on any atom is -0.506 e. The molecule has 1 aliphatic heterocycles. The van der Waals surface area contributed by atoms with Crippen molar-refractivity contribution in [3.05, 3.63) is 45.7 Å². The van der Waals surface area contributed by atoms with Crippen molar-refractivity contribution in [2.24, 2.45) is 5.92 Å². The maximum absolute atomic E-state index is 12.2. The number of anilines is 1. The SMILES string of the molecule is CCc1c(-c2ccc(N3CC4C(NC)CCC4(NC)C3)cc2)[nH]c(=O)c(C(=O)O)c1O. The van der Waals surface area contributed by atoms with Crippen molar-refractivity contribution in [1.29, 1.82) is 0 Å². The molecule has 8 nitrogen and oxygen atoms in total. The Morgan fingerprint density at radius 3 is 2.58 bits per heavy atom. The van der Waals surface area contributed by atoms with Crippen LogP contribution in [0.3, 0.4) is 0 Å². The minimum atomic E-state index is -1.44. The van der Waals surface area contributed by atoms with Crippen molar-refractivity contribution in [2.45, 2.75) is 37.8 Å². The smallest absolute Gasteiger partial charge is 0.345 e. The summed E-state index contributed by atoms with van der Waals surface area (Å²) < 4.78 is 0. The Morgan fingerprint density at radius 1 is 1.29 bits per heavy atom. The number of carboxylic acid groups (broad SMARTS) is 1. The Kier molecular flexibility index (Phi) is 5.53. The van der Waals surface area contributed by atoms with E-state index in [1.165, 1.54) is 6.42 Å². The lowest BCUT2D eigenvalue weighted by atomic mass is 9.89. The highest BCUT2D eigenvalue weighted by atomic mass is 16.4. The molecule has 3 atom stereocenters. The number of nitrogens with one attached hydrogen (secondary N) is 3. The van der Waals surface area contributed by atoms with Crippen LogP contribution in [0.1, 0.15) is 35.7 Å². The lowest BCUT2D eigenvalue weighted by Gasteiger charge is -2.29. The molecule has 4 rings (SSSR count). The highest BCUT2D eigenvalue weighted by molar-refractivity contribution is 5.92. The van der Waals surface area contributed by atoms with Gasteiger partial charge >= 0.3 is 5.97 Å². The van der Waals surface area contributed by atoms with Crippen LogP contribution >= 0.6 is 0 Å². The van der Waals surface area contributed by atoms with Crippen molar-refractivity contribution in [2.75, 3.05) is 32.1 Å². The number of benzene rings is 1. The molecule has 1 saturated carbocycles. The molecule has 166 valence electrons. The molecule has 5 N–H and O–H groups in total. The van der Waals surface area contributed by atoms with E-state index in [0.29, 0.717) is 29.6 Å². The Balaban J connectivity index is 1.64. The van der Waals surface area contributed by atoms with Gasteiger partial charge in [-0.1, -0.05) is 19.1 Å². The maximum atomic E-state index is 12.2. The predicted octanol–water partition coefficient (Wildman–Crippen LogP) is 1.78. The number of hydrogen-bond acceptors (Lipinski definition) is 6. The Bertz CT molecular complexity index is 1050. The van der Waals surface area contributed by atoms with Gasteiger partial charge in [0.05, 0.1) is 5.69 Å². The number of aromatic nitrogens is 1. The lowest BCUT2D eigenvalue weighted by molar-refractivity contribution is 0.0691. The molecule has 2 fully saturated rings. The van der Waals surface area contributed by atoms with Crippen molar-refractivity contribution in [3.63, 3.8) is 0 Å². The molecule has 2 aromatic rings. The van der Waals surface area contributed by atoms with Crippen LogP contribution in [-0.4, -0.2) is 59.9 Å². The summed E-state index contributed by atoms with van der Waals surface area (Å²) in [5.74, 6) is -1.36. The molecular weight excluding hydrogens is 396 g/mol. The monoisotopic (exact) mass is 426 g/mol. The zero-order chi connectivity index (χ0) is 22.3. The second-order valence-corrected chi connectivity index (χ2v) is 8.56. The number of carbonyl (C=O) groups is 1. The molecule has 2 aliphatic rings. The normalized spacial score (nSPS) is 25.1. The minimum absolute atomic E-state index is 0.116. The maximum Gasteiger partial charge on any atom is 0.345 e. The van der Waals surface area contributed by atoms with Gasteiger partial charge in [0.2, 0.25) is 0 Å². The number of H-pyrrole nitrogens is 1. The first-order valence-corrected chi connectivity index (χ1v) is 10.8. The number of fused-ring (bicyclic) bond motifs is 1. The van der Waals surface area contributed by atoms with Crippen molar-refractivity contribution < 1.29 is 15.0 Å². The summed E-state index contributed by atoms with van der Waals surface area (Å²) in [5.41, 5.74) is 1.43. The fraction of sp³-hybridized carbons (Fsp3) is 0.478. The number of rotatable bonds is 6. The van der Waals surface area contributed by atoms with E-state index in [0.717, 1.165) is 30.8 Å². The second kappa shape index (κ2) is 8.01. The summed E-state index contributed by atoms with van der Waals surface area (Å²) in [7, 11) is 4.08. The molecule has 1 aromatic heterocycles. The third kappa shape index (κ3) is 3.40. The molecule has 1 aromatic carbocycles. The van der Waals surface area contributed by atoms with Crippen LogP contribution in [0.4, 0.5) is 5.69 Å². The van der Waals surface area contributed by atoms with E-state index in [-0.39, 0.29) is 5.54 Å². The molecule has 1 saturated heterocycles. The number of hydrogen-bond donors (Lipinski definition) is 5. The van der Waals surface area contributed by atoms with Gasteiger partial charge in [0, 0.05) is 41.8 Å². The molecule has 8 heteroatoms. The third-order valence-electron chi connectivity index (χ3n) is 7.23. The molecule has 31 heavy (non-hydrogen) atoms. The van der Waals surface area contributed by atoms with Gasteiger partial charge in [-0.3, -0.25) is 4.79 Å². The van der Waals surface area contributed by atoms with Crippen LogP contribution < -0.4 is 21.1 Å². The van der Waals surface area contributed by atoms with Gasteiger partial charge in [-0.15, -0.1) is 0 Å². The van der Waals surface area contributed by atoms with Crippen molar-refractivity contribution in [3.8, 4) is 17.0 Å². The molecule has 1 aliphatic carbocycles. The Hall–Kier alpha value is -2.84. The first-order valence-electron chi connectivity index (χ1n) is 10.8. The fourth-order valence-corrected chi connectivity index (χ4v) is 5.51. The summed E-state index contributed by atoms with van der Waals surface area (Å²) in [6.07, 6.45) is 2.71. The highest BCUT2D eigenvalue weighted by Crippen LogP contribution is 2.43. The van der Waals surface area contributed by atoms with Gasteiger partial charge in [0.25, 0.3) is 5.56 Å². The van der Waals surface area contributed by atoms with E-state index >= 15 is 0 Å². The molecule has 0 amide bonds. The standard InChI is InChI=1S/C23H30N4O4/c1-4-15-19(26-21(29)18(20(15)28)22(30)31)13-5-7-14(8-6-13)27-11-16-17(24-2)9-10-23(16,12-27)25-3/h5-8,16-17,24-25H,4,9-12H2,1-3H3,(H,30,31)(H2,26,28,29). The van der Waals surface area contributed by atoms with Gasteiger partial charge in [-0.05, 0) is 51.1 Å². The van der Waals surface area contributed by atoms with Crippen molar-refractivity contribution >= 4 is 11.7 Å². The van der Waals surface area contributed by atoms with E-state index < -0.39 is 22.8 Å². The molecule has 0 bridgehead atoms. The quantitative estimate of drug-likeness (QED) is 0.478. The van der Waals surface area contributed by atoms with Crippen LogP contribution in [0.5, 0.6) is 5.75 Å². The predicted molar refractivity (Wildman–Crippen MR) is 120 cm³/mol. The average Bonchev–Trinajstić information content (AvgIpc) is 3.29. The number of nitrogens with zero attached hydrogens (tertiary/aromatic N) is 1. The van der Waals surface area contributed by atoms with Crippen LogP contribution in [0, 0.1) is 5.92 Å². The number of pyridine rings is 1. The number of aromatic amines is 1. The zero-order valence-electron chi connectivity index (χ0n) is 18.2. The fourth-order valence-electron chi connectivity index (χ4n) is 5.51. The molecule has 2 heterocycles. The highest BCUT2D eigenvalue weighted by Gasteiger charge is 2.52. The summed E-state index contributed by atoms with van der Waals surface area (Å²) in [6.45, 7) is 3.73. The van der Waals surface area contributed by atoms with Gasteiger partial charge in [-0.2, -0.15) is 0 Å². The summed E-state index contributed by atoms with van der Waals surface area (Å²) in [5, 5.41) is 26.7. The van der Waals surface area contributed by atoms with Gasteiger partial charge in [-0.25, -0.2) is 4.79 Å². The molecule has 0 radical (unpaired) electrons. The van der Waals surface area contributed by atoms with Crippen LogP contribution in [0.25, 0.3) is 11.3 Å². The number of carboxylic acids is 1. The zero-order valence-corrected chi connectivity index (χ0v) is 18.2. The Morgan fingerprint density at radius 2 is 2.00 bits per heavy atom. The third-order valence-corrected chi connectivity index (χ3v) is 7.23. The average molecular weight is 427 g/mol. The van der Waals surface area contributed by atoms with E-state index in [2.05, 4.69) is 20.5 Å². The first-order chi connectivity index (χ1) is 14.8. The van der Waals surface area contributed by atoms with E-state index in [1.54, 1.807) is 0 Å². The lowest BCUT2D eigenvalue weighted by Crippen LogP contribution is -2.49. The summed E-state index contributed by atoms with van der Waals surface area (Å²) in [4.78, 5) is 28.6. The molecule has 3 unspecified atom stereocenters. The van der Waals surface area contributed by atoms with E-state index in [4.69, 9.17) is 0 Å². The van der Waals surface area contributed by atoms with E-state index in [1.807, 2.05) is 45.3 Å². The molecular formula is C23H30N4O4. The second-order valence-electron chi connectivity index (χ2n) is 8.56. The number of aromatic carboxylic acids is 1. The van der Waals surface area contributed by atoms with Gasteiger partial charge in [0.1, 0.15) is 5.75 Å². The summed E-state index contributed by atoms with van der Waals surface area (Å²) >= 11 is 0. The largest absolute Gasteiger partial charge is 0.506 e. The van der Waals surface area contributed by atoms with Crippen LogP contribution in [-0.2, 0) is 6.42 Å². The first kappa shape index (κ1) is 21.4. The van der Waals surface area contributed by atoms with Crippen LogP contribution in [0.2, 0.25) is 0 Å². The number of likely N-dealkylation sites (N-methyl/N-ethyl adjacent to an activating group) is 1. The summed E-state index contributed by atoms with van der Waals surface area (Å²) in [6, 6.07) is 8.37.